The average Bonchev–Trinajstić information content (AvgIpc) is 2.49. The van der Waals surface area contributed by atoms with Crippen LogP contribution in [0.15, 0.2) is 37.2 Å². The lowest BCUT2D eigenvalue weighted by molar-refractivity contribution is 0.0365. The number of morpholine rings is 1. The van der Waals surface area contributed by atoms with Crippen LogP contribution in [0, 0.1) is 0 Å². The fourth-order valence-corrected chi connectivity index (χ4v) is 1.97. The molecule has 1 aliphatic rings. The molecule has 1 atom stereocenters. The molecule has 0 amide bonds. The van der Waals surface area contributed by atoms with Crippen LogP contribution in [-0.2, 0) is 4.74 Å². The summed E-state index contributed by atoms with van der Waals surface area (Å²) in [6.45, 7) is 2.19. The Kier molecular flexibility index (Phi) is 3.10. The van der Waals surface area contributed by atoms with Crippen LogP contribution >= 0.6 is 0 Å². The van der Waals surface area contributed by atoms with E-state index in [0.717, 1.165) is 24.6 Å². The molecule has 1 aliphatic heterocycles. The van der Waals surface area contributed by atoms with Gasteiger partial charge >= 0.3 is 0 Å². The molecule has 18 heavy (non-hydrogen) atoms. The third-order valence-electron chi connectivity index (χ3n) is 2.85. The fraction of sp³-hybridized carbons (Fsp3) is 0.333. The van der Waals surface area contributed by atoms with Crippen LogP contribution in [0.3, 0.4) is 0 Å². The Morgan fingerprint density at radius 1 is 1.06 bits per heavy atom. The maximum Gasteiger partial charge on any atom is 0.147 e. The van der Waals surface area contributed by atoms with Gasteiger partial charge in [-0.3, -0.25) is 15.0 Å². The molecule has 6 nitrogen and oxygen atoms in total. The van der Waals surface area contributed by atoms with E-state index < -0.39 is 0 Å². The standard InChI is InChI=1S/C12H13N5O/c1-3-15-10(7-13-1)11-9-17(5-6-18-11)12-8-14-2-4-16-12/h1-4,7-8,11H,5-6,9H2. The first-order valence-corrected chi connectivity index (χ1v) is 5.82. The summed E-state index contributed by atoms with van der Waals surface area (Å²) in [4.78, 5) is 18.9. The first-order chi connectivity index (χ1) is 8.93. The molecule has 0 radical (unpaired) electrons. The zero-order valence-electron chi connectivity index (χ0n) is 9.81. The lowest BCUT2D eigenvalue weighted by Crippen LogP contribution is -2.39. The van der Waals surface area contributed by atoms with Crippen molar-refractivity contribution in [1.82, 2.24) is 19.9 Å². The summed E-state index contributed by atoms with van der Waals surface area (Å²) < 4.78 is 5.72. The highest BCUT2D eigenvalue weighted by Gasteiger charge is 2.23. The Bertz CT molecular complexity index is 447. The largest absolute Gasteiger partial charge is 0.368 e. The molecule has 1 fully saturated rings. The highest BCUT2D eigenvalue weighted by Crippen LogP contribution is 2.22. The minimum Gasteiger partial charge on any atom is -0.368 e. The monoisotopic (exact) mass is 243 g/mol. The normalized spacial score (nSPS) is 19.8. The highest BCUT2D eigenvalue weighted by molar-refractivity contribution is 5.36. The molecule has 3 rings (SSSR count). The van der Waals surface area contributed by atoms with E-state index in [9.17, 15) is 0 Å². The summed E-state index contributed by atoms with van der Waals surface area (Å²) in [5, 5.41) is 0. The Labute approximate surface area is 105 Å². The van der Waals surface area contributed by atoms with E-state index >= 15 is 0 Å². The molecule has 0 N–H and O–H groups in total. The molecule has 92 valence electrons. The van der Waals surface area contributed by atoms with Crippen molar-refractivity contribution in [3.8, 4) is 0 Å². The van der Waals surface area contributed by atoms with Crippen LogP contribution in [0.1, 0.15) is 11.8 Å². The van der Waals surface area contributed by atoms with Crippen LogP contribution in [0.4, 0.5) is 5.82 Å². The van der Waals surface area contributed by atoms with Gasteiger partial charge in [-0.2, -0.15) is 0 Å². The van der Waals surface area contributed by atoms with Crippen molar-refractivity contribution in [3.63, 3.8) is 0 Å². The van der Waals surface area contributed by atoms with E-state index in [4.69, 9.17) is 4.74 Å². The minimum absolute atomic E-state index is 0.0607. The topological polar surface area (TPSA) is 64.0 Å². The Morgan fingerprint density at radius 2 is 1.89 bits per heavy atom. The van der Waals surface area contributed by atoms with Gasteiger partial charge in [0.1, 0.15) is 11.9 Å². The first kappa shape index (κ1) is 11.0. The Balaban J connectivity index is 1.77. The van der Waals surface area contributed by atoms with Gasteiger partial charge in [0.2, 0.25) is 0 Å². The van der Waals surface area contributed by atoms with E-state index in [2.05, 4.69) is 24.8 Å². The average molecular weight is 243 g/mol. The number of aromatic nitrogens is 4. The number of ether oxygens (including phenoxy) is 1. The Morgan fingerprint density at radius 3 is 2.61 bits per heavy atom. The first-order valence-electron chi connectivity index (χ1n) is 5.82. The second-order valence-corrected chi connectivity index (χ2v) is 4.00. The van der Waals surface area contributed by atoms with Gasteiger partial charge in [0.05, 0.1) is 31.2 Å². The molecule has 0 bridgehead atoms. The number of nitrogens with zero attached hydrogens (tertiary/aromatic N) is 5. The lowest BCUT2D eigenvalue weighted by Gasteiger charge is -2.32. The van der Waals surface area contributed by atoms with Gasteiger partial charge in [-0.25, -0.2) is 4.98 Å². The van der Waals surface area contributed by atoms with E-state index in [1.807, 2.05) is 0 Å². The summed E-state index contributed by atoms with van der Waals surface area (Å²) in [7, 11) is 0. The third kappa shape index (κ3) is 2.28. The molecule has 1 unspecified atom stereocenters. The maximum atomic E-state index is 5.72. The summed E-state index contributed by atoms with van der Waals surface area (Å²) in [6, 6.07) is 0. The molecule has 0 aromatic carbocycles. The van der Waals surface area contributed by atoms with Crippen LogP contribution in [-0.4, -0.2) is 39.6 Å². The Hall–Kier alpha value is -2.08. The summed E-state index contributed by atoms with van der Waals surface area (Å²) in [6.07, 6.45) is 10.2. The number of hydrogen-bond donors (Lipinski definition) is 0. The predicted molar refractivity (Wildman–Crippen MR) is 65.0 cm³/mol. The molecule has 1 saturated heterocycles. The van der Waals surface area contributed by atoms with Crippen LogP contribution < -0.4 is 4.90 Å². The zero-order valence-corrected chi connectivity index (χ0v) is 9.81. The molecule has 2 aromatic rings. The quantitative estimate of drug-likeness (QED) is 0.779. The van der Waals surface area contributed by atoms with E-state index in [0.29, 0.717) is 6.61 Å². The second-order valence-electron chi connectivity index (χ2n) is 4.00. The number of rotatable bonds is 2. The summed E-state index contributed by atoms with van der Waals surface area (Å²) in [5.74, 6) is 0.870. The number of hydrogen-bond acceptors (Lipinski definition) is 6. The van der Waals surface area contributed by atoms with Gasteiger partial charge in [0.25, 0.3) is 0 Å². The molecule has 6 heteroatoms. The molecule has 0 aliphatic carbocycles. The third-order valence-corrected chi connectivity index (χ3v) is 2.85. The van der Waals surface area contributed by atoms with E-state index in [-0.39, 0.29) is 6.10 Å². The molecular formula is C12H13N5O. The second kappa shape index (κ2) is 5.05. The maximum absolute atomic E-state index is 5.72. The van der Waals surface area contributed by atoms with Gasteiger partial charge < -0.3 is 9.64 Å². The van der Waals surface area contributed by atoms with Crippen molar-refractivity contribution in [1.29, 1.82) is 0 Å². The van der Waals surface area contributed by atoms with Crippen molar-refractivity contribution in [2.24, 2.45) is 0 Å². The van der Waals surface area contributed by atoms with Gasteiger partial charge in [-0.05, 0) is 0 Å². The minimum atomic E-state index is -0.0607. The smallest absolute Gasteiger partial charge is 0.147 e. The van der Waals surface area contributed by atoms with Gasteiger partial charge in [-0.1, -0.05) is 0 Å². The fourth-order valence-electron chi connectivity index (χ4n) is 1.97. The van der Waals surface area contributed by atoms with Crippen LogP contribution in [0.2, 0.25) is 0 Å². The van der Waals surface area contributed by atoms with Crippen molar-refractivity contribution in [3.05, 3.63) is 42.9 Å². The molecular weight excluding hydrogens is 230 g/mol. The van der Waals surface area contributed by atoms with Gasteiger partial charge in [0, 0.05) is 31.3 Å². The molecule has 2 aromatic heterocycles. The van der Waals surface area contributed by atoms with E-state index in [1.54, 1.807) is 37.2 Å². The number of anilines is 1. The predicted octanol–water partition coefficient (Wildman–Crippen LogP) is 0.845. The lowest BCUT2D eigenvalue weighted by atomic mass is 10.2. The summed E-state index contributed by atoms with van der Waals surface area (Å²) >= 11 is 0. The van der Waals surface area contributed by atoms with Crippen molar-refractivity contribution < 1.29 is 4.74 Å². The van der Waals surface area contributed by atoms with Crippen molar-refractivity contribution >= 4 is 5.82 Å². The van der Waals surface area contributed by atoms with E-state index in [1.165, 1.54) is 0 Å². The SMILES string of the molecule is c1cnc(C2CN(c3cnccn3)CCO2)cn1. The highest BCUT2D eigenvalue weighted by atomic mass is 16.5. The molecule has 0 saturated carbocycles. The van der Waals surface area contributed by atoms with Crippen LogP contribution in [0.25, 0.3) is 0 Å². The zero-order chi connectivity index (χ0) is 12.2. The van der Waals surface area contributed by atoms with Crippen molar-refractivity contribution in [2.45, 2.75) is 6.10 Å². The van der Waals surface area contributed by atoms with Crippen LogP contribution in [0.5, 0.6) is 0 Å². The van der Waals surface area contributed by atoms with Crippen molar-refractivity contribution in [2.75, 3.05) is 24.6 Å². The van der Waals surface area contributed by atoms with Gasteiger partial charge in [0.15, 0.2) is 0 Å². The van der Waals surface area contributed by atoms with Gasteiger partial charge in [-0.15, -0.1) is 0 Å². The summed E-state index contributed by atoms with van der Waals surface area (Å²) in [5.41, 5.74) is 0.853. The molecule has 3 heterocycles. The molecule has 0 spiro atoms.